The minimum absolute atomic E-state index is 0.273. The number of nitrogens with one attached hydrogen (secondary N) is 2. The van der Waals surface area contributed by atoms with Gasteiger partial charge < -0.3 is 10.6 Å². The van der Waals surface area contributed by atoms with E-state index >= 15 is 0 Å². The zero-order valence-electron chi connectivity index (χ0n) is 15.9. The summed E-state index contributed by atoms with van der Waals surface area (Å²) in [6, 6.07) is 7.21. The molecule has 2 N–H and O–H groups in total. The Morgan fingerprint density at radius 3 is 2.27 bits per heavy atom. The number of amides is 4. The van der Waals surface area contributed by atoms with Gasteiger partial charge in [0, 0.05) is 5.69 Å². The number of rotatable bonds is 9. The number of hydrogen-bond acceptors (Lipinski definition) is 3. The Morgan fingerprint density at radius 2 is 1.73 bits per heavy atom. The quantitative estimate of drug-likeness (QED) is 0.523. The highest BCUT2D eigenvalue weighted by Gasteiger charge is 2.49. The number of benzene rings is 1. The molecule has 0 atom stereocenters. The van der Waals surface area contributed by atoms with E-state index < -0.39 is 11.6 Å². The van der Waals surface area contributed by atoms with Gasteiger partial charge in [-0.15, -0.1) is 0 Å². The molecular formula is C20H29N3O3. The first kappa shape index (κ1) is 19.9. The number of urea groups is 1. The van der Waals surface area contributed by atoms with Crippen LogP contribution in [0.2, 0.25) is 0 Å². The van der Waals surface area contributed by atoms with Crippen molar-refractivity contribution < 1.29 is 14.4 Å². The average Bonchev–Trinajstić information content (AvgIpc) is 2.88. The molecule has 0 aromatic heterocycles. The van der Waals surface area contributed by atoms with Crippen LogP contribution in [0, 0.1) is 0 Å². The Labute approximate surface area is 155 Å². The summed E-state index contributed by atoms with van der Waals surface area (Å²) in [6.45, 7) is 5.61. The van der Waals surface area contributed by atoms with Crippen LogP contribution in [0.5, 0.6) is 0 Å². The molecule has 1 saturated heterocycles. The van der Waals surface area contributed by atoms with Crippen molar-refractivity contribution >= 4 is 23.5 Å². The van der Waals surface area contributed by atoms with Gasteiger partial charge >= 0.3 is 6.03 Å². The molecule has 4 amide bonds. The van der Waals surface area contributed by atoms with E-state index in [1.807, 2.05) is 38.1 Å². The monoisotopic (exact) mass is 359 g/mol. The van der Waals surface area contributed by atoms with Gasteiger partial charge in [0.15, 0.2) is 0 Å². The molecule has 0 saturated carbocycles. The summed E-state index contributed by atoms with van der Waals surface area (Å²) >= 11 is 0. The number of hydrogen-bond donors (Lipinski definition) is 2. The summed E-state index contributed by atoms with van der Waals surface area (Å²) in [4.78, 5) is 37.9. The Hall–Kier alpha value is -2.37. The van der Waals surface area contributed by atoms with E-state index in [1.54, 1.807) is 0 Å². The highest BCUT2D eigenvalue weighted by atomic mass is 16.2. The van der Waals surface area contributed by atoms with E-state index in [0.717, 1.165) is 17.7 Å². The largest absolute Gasteiger partial charge is 0.325 e. The fraction of sp³-hybridized carbons (Fsp3) is 0.550. The molecule has 0 bridgehead atoms. The van der Waals surface area contributed by atoms with E-state index in [4.69, 9.17) is 0 Å². The van der Waals surface area contributed by atoms with E-state index in [0.29, 0.717) is 18.5 Å². The molecule has 6 heteroatoms. The van der Waals surface area contributed by atoms with Gasteiger partial charge in [-0.3, -0.25) is 14.5 Å². The summed E-state index contributed by atoms with van der Waals surface area (Å²) in [7, 11) is 0. The first-order valence-electron chi connectivity index (χ1n) is 9.48. The van der Waals surface area contributed by atoms with Crippen LogP contribution in [0.3, 0.4) is 0 Å². The number of unbranched alkanes of at least 4 members (excludes halogenated alkanes) is 2. The third-order valence-electron chi connectivity index (χ3n) is 5.06. The van der Waals surface area contributed by atoms with Crippen molar-refractivity contribution in [2.45, 2.75) is 64.8 Å². The highest BCUT2D eigenvalue weighted by molar-refractivity contribution is 6.10. The first-order valence-corrected chi connectivity index (χ1v) is 9.48. The smallest absolute Gasteiger partial charge is 0.325 e. The van der Waals surface area contributed by atoms with E-state index in [9.17, 15) is 14.4 Å². The van der Waals surface area contributed by atoms with Gasteiger partial charge in [0.05, 0.1) is 0 Å². The Kier molecular flexibility index (Phi) is 6.77. The number of anilines is 1. The average molecular weight is 359 g/mol. The number of carbonyl (C=O) groups is 3. The van der Waals surface area contributed by atoms with Crippen molar-refractivity contribution in [2.75, 3.05) is 11.9 Å². The third-order valence-corrected chi connectivity index (χ3v) is 5.06. The Balaban J connectivity index is 1.92. The predicted octanol–water partition coefficient (Wildman–Crippen LogP) is 3.47. The van der Waals surface area contributed by atoms with Gasteiger partial charge in [0.1, 0.15) is 12.1 Å². The minimum Gasteiger partial charge on any atom is -0.325 e. The number of aryl methyl sites for hydroxylation is 1. The van der Waals surface area contributed by atoms with E-state index in [-0.39, 0.29) is 18.4 Å². The molecule has 0 unspecified atom stereocenters. The number of nitrogens with zero attached hydrogens (tertiary/aromatic N) is 1. The van der Waals surface area contributed by atoms with Crippen LogP contribution in [0.15, 0.2) is 24.3 Å². The normalized spacial score (nSPS) is 15.9. The SMILES string of the molecule is CCCCCc1ccc(NC(=O)CN2C(=O)NC(CC)(CC)C2=O)cc1. The van der Waals surface area contributed by atoms with Crippen LogP contribution in [0.4, 0.5) is 10.5 Å². The maximum Gasteiger partial charge on any atom is 0.325 e. The van der Waals surface area contributed by atoms with Crippen molar-refractivity contribution in [1.82, 2.24) is 10.2 Å². The summed E-state index contributed by atoms with van der Waals surface area (Å²) < 4.78 is 0. The number of imide groups is 1. The maximum absolute atomic E-state index is 12.5. The van der Waals surface area contributed by atoms with Crippen LogP contribution in [0.25, 0.3) is 0 Å². The zero-order valence-corrected chi connectivity index (χ0v) is 15.9. The molecule has 1 heterocycles. The third kappa shape index (κ3) is 4.42. The van der Waals surface area contributed by atoms with Crippen LogP contribution < -0.4 is 10.6 Å². The van der Waals surface area contributed by atoms with Gasteiger partial charge in [-0.1, -0.05) is 45.7 Å². The topological polar surface area (TPSA) is 78.5 Å². The van der Waals surface area contributed by atoms with Gasteiger partial charge in [0.25, 0.3) is 5.91 Å². The van der Waals surface area contributed by atoms with Crippen molar-refractivity contribution in [2.24, 2.45) is 0 Å². The molecule has 1 aliphatic heterocycles. The van der Waals surface area contributed by atoms with Crippen LogP contribution in [-0.2, 0) is 16.0 Å². The fourth-order valence-electron chi connectivity index (χ4n) is 3.23. The highest BCUT2D eigenvalue weighted by Crippen LogP contribution is 2.24. The van der Waals surface area contributed by atoms with E-state index in [1.165, 1.54) is 18.4 Å². The van der Waals surface area contributed by atoms with Gasteiger partial charge in [-0.05, 0) is 43.4 Å². The lowest BCUT2D eigenvalue weighted by Gasteiger charge is -2.23. The van der Waals surface area contributed by atoms with Crippen molar-refractivity contribution in [1.29, 1.82) is 0 Å². The van der Waals surface area contributed by atoms with Crippen molar-refractivity contribution in [3.8, 4) is 0 Å². The predicted molar refractivity (Wildman–Crippen MR) is 102 cm³/mol. The lowest BCUT2D eigenvalue weighted by atomic mass is 9.93. The lowest BCUT2D eigenvalue weighted by Crippen LogP contribution is -2.46. The summed E-state index contributed by atoms with van der Waals surface area (Å²) in [5.41, 5.74) is 1.03. The molecule has 1 fully saturated rings. The van der Waals surface area contributed by atoms with Crippen LogP contribution >= 0.6 is 0 Å². The molecule has 1 aliphatic rings. The summed E-state index contributed by atoms with van der Waals surface area (Å²) in [5.74, 6) is -0.704. The standard InChI is InChI=1S/C20H29N3O3/c1-4-7-8-9-15-10-12-16(13-11-15)21-17(24)14-23-18(25)20(5-2,6-3)22-19(23)26/h10-13H,4-9,14H2,1-3H3,(H,21,24)(H,22,26). The van der Waals surface area contributed by atoms with Gasteiger partial charge in [0.2, 0.25) is 5.91 Å². The minimum atomic E-state index is -0.877. The van der Waals surface area contributed by atoms with Gasteiger partial charge in [-0.2, -0.15) is 0 Å². The second-order valence-electron chi connectivity index (χ2n) is 6.81. The molecule has 1 aromatic rings. The molecule has 2 rings (SSSR count). The van der Waals surface area contributed by atoms with Gasteiger partial charge in [-0.25, -0.2) is 4.79 Å². The zero-order chi connectivity index (χ0) is 19.2. The molecule has 0 radical (unpaired) electrons. The second kappa shape index (κ2) is 8.83. The molecule has 1 aromatic carbocycles. The first-order chi connectivity index (χ1) is 12.5. The molecule has 26 heavy (non-hydrogen) atoms. The lowest BCUT2D eigenvalue weighted by molar-refractivity contribution is -0.134. The molecule has 142 valence electrons. The second-order valence-corrected chi connectivity index (χ2v) is 6.81. The molecular weight excluding hydrogens is 330 g/mol. The Morgan fingerprint density at radius 1 is 1.08 bits per heavy atom. The molecule has 0 aliphatic carbocycles. The molecule has 0 spiro atoms. The van der Waals surface area contributed by atoms with E-state index in [2.05, 4.69) is 17.6 Å². The fourth-order valence-corrected chi connectivity index (χ4v) is 3.23. The van der Waals surface area contributed by atoms with Crippen molar-refractivity contribution in [3.63, 3.8) is 0 Å². The Bertz CT molecular complexity index is 651. The summed E-state index contributed by atoms with van der Waals surface area (Å²) in [6.07, 6.45) is 5.60. The summed E-state index contributed by atoms with van der Waals surface area (Å²) in [5, 5.41) is 5.48. The van der Waals surface area contributed by atoms with Crippen LogP contribution in [-0.4, -0.2) is 34.8 Å². The van der Waals surface area contributed by atoms with Crippen molar-refractivity contribution in [3.05, 3.63) is 29.8 Å². The maximum atomic E-state index is 12.5. The number of carbonyl (C=O) groups excluding carboxylic acids is 3. The van der Waals surface area contributed by atoms with Crippen LogP contribution in [0.1, 0.15) is 58.4 Å². The molecule has 6 nitrogen and oxygen atoms in total.